The highest BCUT2D eigenvalue weighted by Gasteiger charge is 2.28. The zero-order valence-electron chi connectivity index (χ0n) is 10.0. The maximum atomic E-state index is 11.8. The van der Waals surface area contributed by atoms with Crippen LogP contribution in [0.3, 0.4) is 0 Å². The number of carboxylic acid groups (broad SMARTS) is 1. The molecule has 1 aromatic rings. The Morgan fingerprint density at radius 1 is 1.50 bits per heavy atom. The van der Waals surface area contributed by atoms with Crippen LogP contribution in [0.4, 0.5) is 0 Å². The van der Waals surface area contributed by atoms with Gasteiger partial charge in [-0.3, -0.25) is 9.48 Å². The van der Waals surface area contributed by atoms with Gasteiger partial charge in [0, 0.05) is 31.5 Å². The van der Waals surface area contributed by atoms with E-state index in [1.807, 2.05) is 0 Å². The first-order valence-corrected chi connectivity index (χ1v) is 6.19. The van der Waals surface area contributed by atoms with E-state index in [2.05, 4.69) is 5.10 Å². The standard InChI is InChI=1S/C11H14ClN3O3/c1-14-8-6-15(9(16)2-4-12)5-3-7(8)10(13-14)11(17)18/h2-6H2,1H3,(H,17,18). The van der Waals surface area contributed by atoms with Gasteiger partial charge in [-0.05, 0) is 6.42 Å². The van der Waals surface area contributed by atoms with Gasteiger partial charge in [-0.1, -0.05) is 0 Å². The lowest BCUT2D eigenvalue weighted by atomic mass is 10.0. The van der Waals surface area contributed by atoms with Crippen molar-refractivity contribution in [3.05, 3.63) is 17.0 Å². The van der Waals surface area contributed by atoms with Crippen LogP contribution in [-0.4, -0.2) is 44.1 Å². The molecule has 0 atom stereocenters. The molecule has 1 aliphatic heterocycles. The molecule has 0 saturated carbocycles. The summed E-state index contributed by atoms with van der Waals surface area (Å²) >= 11 is 5.55. The Morgan fingerprint density at radius 2 is 2.22 bits per heavy atom. The van der Waals surface area contributed by atoms with Crippen LogP contribution in [0.1, 0.15) is 28.2 Å². The summed E-state index contributed by atoms with van der Waals surface area (Å²) in [6.45, 7) is 0.927. The third-order valence-electron chi connectivity index (χ3n) is 3.11. The molecule has 18 heavy (non-hydrogen) atoms. The molecule has 1 amide bonds. The van der Waals surface area contributed by atoms with Crippen molar-refractivity contribution in [2.45, 2.75) is 19.4 Å². The minimum atomic E-state index is -1.02. The molecule has 0 radical (unpaired) electrons. The highest BCUT2D eigenvalue weighted by molar-refractivity contribution is 6.18. The van der Waals surface area contributed by atoms with Gasteiger partial charge < -0.3 is 10.0 Å². The summed E-state index contributed by atoms with van der Waals surface area (Å²) in [5, 5.41) is 13.0. The first-order chi connectivity index (χ1) is 8.54. The second-order valence-corrected chi connectivity index (χ2v) is 4.58. The summed E-state index contributed by atoms with van der Waals surface area (Å²) in [5.74, 6) is -0.727. The molecular formula is C11H14ClN3O3. The Hall–Kier alpha value is -1.56. The highest BCUT2D eigenvalue weighted by atomic mass is 35.5. The predicted octanol–water partition coefficient (Wildman–Crippen LogP) is 0.632. The Morgan fingerprint density at radius 3 is 2.83 bits per heavy atom. The van der Waals surface area contributed by atoms with Crippen LogP contribution in [0.5, 0.6) is 0 Å². The molecule has 1 aliphatic rings. The lowest BCUT2D eigenvalue weighted by molar-refractivity contribution is -0.131. The molecule has 0 aromatic carbocycles. The number of nitrogens with zero attached hydrogens (tertiary/aromatic N) is 3. The third kappa shape index (κ3) is 2.20. The van der Waals surface area contributed by atoms with E-state index in [-0.39, 0.29) is 11.6 Å². The van der Waals surface area contributed by atoms with Crippen molar-refractivity contribution in [2.75, 3.05) is 12.4 Å². The molecule has 0 bridgehead atoms. The smallest absolute Gasteiger partial charge is 0.356 e. The van der Waals surface area contributed by atoms with E-state index in [1.54, 1.807) is 16.6 Å². The third-order valence-corrected chi connectivity index (χ3v) is 3.30. The molecule has 0 aliphatic carbocycles. The van der Waals surface area contributed by atoms with Crippen molar-refractivity contribution < 1.29 is 14.7 Å². The van der Waals surface area contributed by atoms with Gasteiger partial charge >= 0.3 is 5.97 Å². The number of amides is 1. The summed E-state index contributed by atoms with van der Waals surface area (Å²) in [6.07, 6.45) is 0.833. The van der Waals surface area contributed by atoms with Gasteiger partial charge in [0.15, 0.2) is 5.69 Å². The number of carboxylic acids is 1. The summed E-state index contributed by atoms with van der Waals surface area (Å²) in [7, 11) is 1.70. The fourth-order valence-electron chi connectivity index (χ4n) is 2.19. The molecule has 1 aromatic heterocycles. The molecule has 0 spiro atoms. The number of alkyl halides is 1. The van der Waals surface area contributed by atoms with Gasteiger partial charge in [0.25, 0.3) is 0 Å². The predicted molar refractivity (Wildman–Crippen MR) is 64.6 cm³/mol. The van der Waals surface area contributed by atoms with E-state index in [0.717, 1.165) is 11.3 Å². The maximum absolute atomic E-state index is 11.8. The van der Waals surface area contributed by atoms with Crippen molar-refractivity contribution in [3.63, 3.8) is 0 Å². The van der Waals surface area contributed by atoms with Gasteiger partial charge in [0.05, 0.1) is 12.2 Å². The topological polar surface area (TPSA) is 75.4 Å². The average molecular weight is 272 g/mol. The van der Waals surface area contributed by atoms with Gasteiger partial charge in [0.1, 0.15) is 0 Å². The van der Waals surface area contributed by atoms with Crippen LogP contribution in [0.2, 0.25) is 0 Å². The van der Waals surface area contributed by atoms with Gasteiger partial charge in [-0.2, -0.15) is 5.10 Å². The lowest BCUT2D eigenvalue weighted by Gasteiger charge is -2.27. The molecule has 7 heteroatoms. The Bertz CT molecular complexity index is 498. The van der Waals surface area contributed by atoms with Crippen LogP contribution in [0.25, 0.3) is 0 Å². The number of hydrogen-bond acceptors (Lipinski definition) is 3. The molecule has 98 valence electrons. The summed E-state index contributed by atoms with van der Waals surface area (Å²) in [5.41, 5.74) is 1.62. The fourth-order valence-corrected chi connectivity index (χ4v) is 2.36. The van der Waals surface area contributed by atoms with Crippen molar-refractivity contribution >= 4 is 23.5 Å². The van der Waals surface area contributed by atoms with E-state index >= 15 is 0 Å². The SMILES string of the molecule is Cn1nc(C(=O)O)c2c1CN(C(=O)CCCl)CC2. The van der Waals surface area contributed by atoms with E-state index in [4.69, 9.17) is 16.7 Å². The molecule has 0 fully saturated rings. The van der Waals surface area contributed by atoms with Gasteiger partial charge in [-0.15, -0.1) is 11.6 Å². The van der Waals surface area contributed by atoms with E-state index in [1.165, 1.54) is 0 Å². The normalized spacial score (nSPS) is 14.4. The van der Waals surface area contributed by atoms with E-state index < -0.39 is 5.97 Å². The zero-order chi connectivity index (χ0) is 13.3. The second-order valence-electron chi connectivity index (χ2n) is 4.21. The number of aryl methyl sites for hydroxylation is 1. The number of carbonyl (C=O) groups excluding carboxylic acids is 1. The van der Waals surface area contributed by atoms with Crippen molar-refractivity contribution in [1.82, 2.24) is 14.7 Å². The van der Waals surface area contributed by atoms with Crippen LogP contribution < -0.4 is 0 Å². The summed E-state index contributed by atoms with van der Waals surface area (Å²) < 4.78 is 1.54. The number of rotatable bonds is 3. The summed E-state index contributed by atoms with van der Waals surface area (Å²) in [4.78, 5) is 24.5. The number of carbonyl (C=O) groups is 2. The maximum Gasteiger partial charge on any atom is 0.356 e. The molecule has 0 saturated heterocycles. The van der Waals surface area contributed by atoms with Crippen LogP contribution >= 0.6 is 11.6 Å². The molecule has 0 unspecified atom stereocenters. The van der Waals surface area contributed by atoms with Crippen molar-refractivity contribution in [1.29, 1.82) is 0 Å². The Kier molecular flexibility index (Phi) is 3.56. The molecular weight excluding hydrogens is 258 g/mol. The first-order valence-electron chi connectivity index (χ1n) is 5.66. The monoisotopic (exact) mass is 271 g/mol. The van der Waals surface area contributed by atoms with E-state index in [9.17, 15) is 9.59 Å². The number of halogens is 1. The number of aromatic nitrogens is 2. The number of hydrogen-bond donors (Lipinski definition) is 1. The average Bonchev–Trinajstić information content (AvgIpc) is 2.67. The minimum absolute atomic E-state index is 0.00581. The molecule has 6 nitrogen and oxygen atoms in total. The second kappa shape index (κ2) is 4.97. The number of fused-ring (bicyclic) bond motifs is 1. The van der Waals surface area contributed by atoms with Crippen molar-refractivity contribution in [2.24, 2.45) is 7.05 Å². The molecule has 2 rings (SSSR count). The summed E-state index contributed by atoms with van der Waals surface area (Å²) in [6, 6.07) is 0. The van der Waals surface area contributed by atoms with Gasteiger partial charge in [-0.25, -0.2) is 4.79 Å². The Labute approximate surface area is 109 Å². The zero-order valence-corrected chi connectivity index (χ0v) is 10.8. The quantitative estimate of drug-likeness (QED) is 0.819. The minimum Gasteiger partial charge on any atom is -0.476 e. The first kappa shape index (κ1) is 12.9. The Balaban J connectivity index is 2.25. The van der Waals surface area contributed by atoms with Crippen LogP contribution in [-0.2, 0) is 24.8 Å². The van der Waals surface area contributed by atoms with Crippen LogP contribution in [0.15, 0.2) is 0 Å². The molecule has 2 heterocycles. The lowest BCUT2D eigenvalue weighted by Crippen LogP contribution is -2.36. The highest BCUT2D eigenvalue weighted by Crippen LogP contribution is 2.22. The largest absolute Gasteiger partial charge is 0.476 e. The fraction of sp³-hybridized carbons (Fsp3) is 0.545. The van der Waals surface area contributed by atoms with E-state index in [0.29, 0.717) is 31.8 Å². The van der Waals surface area contributed by atoms with Crippen molar-refractivity contribution in [3.8, 4) is 0 Å². The van der Waals surface area contributed by atoms with Gasteiger partial charge in [0.2, 0.25) is 5.91 Å². The van der Waals surface area contributed by atoms with Crippen LogP contribution in [0, 0.1) is 0 Å². The molecule has 1 N–H and O–H groups in total. The number of aromatic carboxylic acids is 1.